The van der Waals surface area contributed by atoms with Gasteiger partial charge in [0.15, 0.2) is 5.16 Å². The third kappa shape index (κ3) is 3.30. The number of para-hydroxylation sites is 1. The molecular weight excluding hydrogens is 328 g/mol. The third-order valence-corrected chi connectivity index (χ3v) is 5.19. The van der Waals surface area contributed by atoms with Gasteiger partial charge in [-0.05, 0) is 30.5 Å². The molecular formula is C16H16N4OS2. The molecule has 2 heterocycles. The Morgan fingerprint density at radius 1 is 1.26 bits per heavy atom. The van der Waals surface area contributed by atoms with Crippen molar-refractivity contribution in [1.29, 1.82) is 0 Å². The lowest BCUT2D eigenvalue weighted by Gasteiger charge is -2.20. The normalized spacial score (nSPS) is 12.3. The van der Waals surface area contributed by atoms with Gasteiger partial charge < -0.3 is 10.6 Å². The van der Waals surface area contributed by atoms with Gasteiger partial charge >= 0.3 is 0 Å². The van der Waals surface area contributed by atoms with Gasteiger partial charge in [-0.15, -0.1) is 11.3 Å². The first-order valence-corrected chi connectivity index (χ1v) is 8.82. The number of nitrogen functional groups attached to an aromatic ring is 1. The lowest BCUT2D eigenvalue weighted by molar-refractivity contribution is -0.117. The average Bonchev–Trinajstić information content (AvgIpc) is 3.03. The highest BCUT2D eigenvalue weighted by atomic mass is 32.2. The quantitative estimate of drug-likeness (QED) is 0.580. The molecule has 2 aromatic heterocycles. The van der Waals surface area contributed by atoms with E-state index in [1.54, 1.807) is 11.9 Å². The Morgan fingerprint density at radius 2 is 2.00 bits per heavy atom. The molecule has 3 rings (SSSR count). The van der Waals surface area contributed by atoms with Gasteiger partial charge in [0.2, 0.25) is 5.91 Å². The highest BCUT2D eigenvalue weighted by molar-refractivity contribution is 8.00. The minimum Gasteiger partial charge on any atom is -0.383 e. The summed E-state index contributed by atoms with van der Waals surface area (Å²) >= 11 is 2.83. The van der Waals surface area contributed by atoms with Crippen LogP contribution in [0.4, 0.5) is 11.5 Å². The molecule has 0 aliphatic heterocycles. The lowest BCUT2D eigenvalue weighted by atomic mass is 10.3. The lowest BCUT2D eigenvalue weighted by Crippen LogP contribution is -2.33. The van der Waals surface area contributed by atoms with Crippen LogP contribution in [0.5, 0.6) is 0 Å². The number of hydrogen-bond donors (Lipinski definition) is 1. The molecule has 7 heteroatoms. The van der Waals surface area contributed by atoms with Gasteiger partial charge in [0.1, 0.15) is 10.6 Å². The van der Waals surface area contributed by atoms with Crippen molar-refractivity contribution in [2.24, 2.45) is 0 Å². The maximum Gasteiger partial charge on any atom is 0.240 e. The molecule has 0 fully saturated rings. The summed E-state index contributed by atoms with van der Waals surface area (Å²) in [6.07, 6.45) is 0. The number of thiophene rings is 1. The second kappa shape index (κ2) is 6.55. The van der Waals surface area contributed by atoms with E-state index in [2.05, 4.69) is 9.97 Å². The zero-order valence-corrected chi connectivity index (χ0v) is 14.4. The topological polar surface area (TPSA) is 72.1 Å². The van der Waals surface area contributed by atoms with Crippen molar-refractivity contribution >= 4 is 50.7 Å². The fraction of sp³-hybridized carbons (Fsp3) is 0.188. The molecule has 118 valence electrons. The Hall–Kier alpha value is -2.12. The zero-order valence-electron chi connectivity index (χ0n) is 12.8. The van der Waals surface area contributed by atoms with Gasteiger partial charge in [-0.3, -0.25) is 4.79 Å². The minimum atomic E-state index is -0.308. The molecule has 0 aliphatic carbocycles. The summed E-state index contributed by atoms with van der Waals surface area (Å²) in [5.74, 6) is 0.449. The number of aromatic nitrogens is 2. The van der Waals surface area contributed by atoms with E-state index in [1.807, 2.05) is 48.7 Å². The molecule has 0 saturated heterocycles. The van der Waals surface area contributed by atoms with E-state index in [-0.39, 0.29) is 11.2 Å². The fourth-order valence-corrected chi connectivity index (χ4v) is 3.87. The molecule has 0 radical (unpaired) electrons. The molecule has 1 unspecified atom stereocenters. The van der Waals surface area contributed by atoms with Crippen LogP contribution in [0.1, 0.15) is 6.92 Å². The van der Waals surface area contributed by atoms with Crippen molar-refractivity contribution in [3.05, 3.63) is 41.8 Å². The van der Waals surface area contributed by atoms with Gasteiger partial charge in [0, 0.05) is 12.7 Å². The minimum absolute atomic E-state index is 0.00496. The number of carbonyl (C=O) groups excluding carboxylic acids is 1. The Balaban J connectivity index is 1.77. The van der Waals surface area contributed by atoms with Crippen LogP contribution >= 0.6 is 23.1 Å². The molecule has 23 heavy (non-hydrogen) atoms. The van der Waals surface area contributed by atoms with Crippen molar-refractivity contribution in [2.45, 2.75) is 17.3 Å². The van der Waals surface area contributed by atoms with Crippen molar-refractivity contribution in [3.63, 3.8) is 0 Å². The molecule has 0 saturated carbocycles. The van der Waals surface area contributed by atoms with Crippen LogP contribution < -0.4 is 10.6 Å². The van der Waals surface area contributed by atoms with Crippen LogP contribution in [0.15, 0.2) is 46.9 Å². The van der Waals surface area contributed by atoms with E-state index in [1.165, 1.54) is 23.1 Å². The van der Waals surface area contributed by atoms with Crippen molar-refractivity contribution in [1.82, 2.24) is 9.97 Å². The maximum atomic E-state index is 12.6. The van der Waals surface area contributed by atoms with Crippen LogP contribution in [-0.4, -0.2) is 28.2 Å². The van der Waals surface area contributed by atoms with Gasteiger partial charge in [-0.1, -0.05) is 30.0 Å². The Morgan fingerprint density at radius 3 is 2.74 bits per heavy atom. The smallest absolute Gasteiger partial charge is 0.240 e. The molecule has 1 aromatic carbocycles. The highest BCUT2D eigenvalue weighted by Crippen LogP contribution is 2.29. The standard InChI is InChI=1S/C16H16N4OS2/c1-10(15(21)20(2)11-6-4-3-5-7-11)23-16-18-13(17)12-8-9-22-14(12)19-16/h3-10H,1-2H3,(H2,17,18,19). The number of fused-ring (bicyclic) bond motifs is 1. The van der Waals surface area contributed by atoms with Gasteiger partial charge in [0.05, 0.1) is 10.6 Å². The second-order valence-corrected chi connectivity index (χ2v) is 7.23. The summed E-state index contributed by atoms with van der Waals surface area (Å²) < 4.78 is 0. The Kier molecular flexibility index (Phi) is 4.49. The van der Waals surface area contributed by atoms with Gasteiger partial charge in [-0.2, -0.15) is 0 Å². The highest BCUT2D eigenvalue weighted by Gasteiger charge is 2.21. The molecule has 0 aliphatic rings. The second-order valence-electron chi connectivity index (χ2n) is 5.02. The first-order valence-electron chi connectivity index (χ1n) is 7.06. The summed E-state index contributed by atoms with van der Waals surface area (Å²) in [4.78, 5) is 23.8. The third-order valence-electron chi connectivity index (χ3n) is 3.44. The van der Waals surface area contributed by atoms with E-state index in [4.69, 9.17) is 5.73 Å². The summed E-state index contributed by atoms with van der Waals surface area (Å²) in [6.45, 7) is 1.85. The number of amides is 1. The number of thioether (sulfide) groups is 1. The van der Waals surface area contributed by atoms with Crippen LogP contribution in [0.25, 0.3) is 10.2 Å². The van der Waals surface area contributed by atoms with E-state index >= 15 is 0 Å². The fourth-order valence-electron chi connectivity index (χ4n) is 2.17. The number of carbonyl (C=O) groups is 1. The number of nitrogens with zero attached hydrogens (tertiary/aromatic N) is 3. The molecule has 0 spiro atoms. The van der Waals surface area contributed by atoms with Crippen molar-refractivity contribution < 1.29 is 4.79 Å². The number of rotatable bonds is 4. The van der Waals surface area contributed by atoms with E-state index < -0.39 is 0 Å². The van der Waals surface area contributed by atoms with Crippen molar-refractivity contribution in [2.75, 3.05) is 17.7 Å². The van der Waals surface area contributed by atoms with Crippen molar-refractivity contribution in [3.8, 4) is 0 Å². The molecule has 5 nitrogen and oxygen atoms in total. The number of nitrogens with two attached hydrogens (primary N) is 1. The summed E-state index contributed by atoms with van der Waals surface area (Å²) in [7, 11) is 1.77. The summed E-state index contributed by atoms with van der Waals surface area (Å²) in [6, 6.07) is 11.5. The van der Waals surface area contributed by atoms with Crippen LogP contribution in [0.3, 0.4) is 0 Å². The van der Waals surface area contributed by atoms with Gasteiger partial charge in [0.25, 0.3) is 0 Å². The molecule has 1 amide bonds. The predicted octanol–water partition coefficient (Wildman–Crippen LogP) is 3.42. The summed E-state index contributed by atoms with van der Waals surface area (Å²) in [5, 5.41) is 3.01. The van der Waals surface area contributed by atoms with E-state index in [0.717, 1.165) is 15.9 Å². The number of anilines is 2. The first-order chi connectivity index (χ1) is 11.1. The molecule has 1 atom stereocenters. The summed E-state index contributed by atoms with van der Waals surface area (Å²) in [5.41, 5.74) is 6.81. The van der Waals surface area contributed by atoms with Crippen LogP contribution in [-0.2, 0) is 4.79 Å². The maximum absolute atomic E-state index is 12.6. The number of hydrogen-bond acceptors (Lipinski definition) is 6. The SMILES string of the molecule is CC(Sc1nc(N)c2ccsc2n1)C(=O)N(C)c1ccccc1. The molecule has 2 N–H and O–H groups in total. The monoisotopic (exact) mass is 344 g/mol. The predicted molar refractivity (Wildman–Crippen MR) is 97.0 cm³/mol. The van der Waals surface area contributed by atoms with Crippen LogP contribution in [0, 0.1) is 0 Å². The first kappa shape index (κ1) is 15.8. The van der Waals surface area contributed by atoms with E-state index in [0.29, 0.717) is 11.0 Å². The zero-order chi connectivity index (χ0) is 16.4. The molecule has 0 bridgehead atoms. The Bertz CT molecular complexity index is 834. The largest absolute Gasteiger partial charge is 0.383 e. The van der Waals surface area contributed by atoms with Gasteiger partial charge in [-0.25, -0.2) is 9.97 Å². The number of benzene rings is 1. The Labute approximate surface area is 142 Å². The molecule has 3 aromatic rings. The average molecular weight is 344 g/mol. The van der Waals surface area contributed by atoms with E-state index in [9.17, 15) is 4.79 Å². The van der Waals surface area contributed by atoms with Crippen LogP contribution in [0.2, 0.25) is 0 Å².